The average Bonchev–Trinajstić information content (AvgIpc) is 3.20. The van der Waals surface area contributed by atoms with Crippen LogP contribution in [0.15, 0.2) is 29.8 Å². The first-order valence-electron chi connectivity index (χ1n) is 11.2. The zero-order valence-corrected chi connectivity index (χ0v) is 18.2. The molecule has 4 aliphatic heterocycles. The number of fused-ring (bicyclic) bond motifs is 2. The molecule has 1 amide bonds. The molecule has 1 saturated carbocycles. The number of benzene rings is 1. The van der Waals surface area contributed by atoms with Crippen molar-refractivity contribution in [1.82, 2.24) is 4.90 Å². The lowest BCUT2D eigenvalue weighted by molar-refractivity contribution is -0.197. The van der Waals surface area contributed by atoms with Gasteiger partial charge in [-0.25, -0.2) is 0 Å². The van der Waals surface area contributed by atoms with Gasteiger partial charge < -0.3 is 19.1 Å². The van der Waals surface area contributed by atoms with E-state index in [9.17, 15) is 9.59 Å². The van der Waals surface area contributed by atoms with Gasteiger partial charge in [0, 0.05) is 37.9 Å². The summed E-state index contributed by atoms with van der Waals surface area (Å²) in [7, 11) is 1.65. The number of esters is 1. The van der Waals surface area contributed by atoms with Crippen LogP contribution in [0.1, 0.15) is 32.3 Å². The Hall–Kier alpha value is -2.38. The molecular weight excluding hydrogens is 396 g/mol. The van der Waals surface area contributed by atoms with Crippen molar-refractivity contribution in [2.75, 3.05) is 31.7 Å². The number of hydrogen-bond acceptors (Lipinski definition) is 6. The van der Waals surface area contributed by atoms with Crippen molar-refractivity contribution in [1.29, 1.82) is 0 Å². The molecule has 6 unspecified atom stereocenters. The van der Waals surface area contributed by atoms with Gasteiger partial charge in [0.1, 0.15) is 5.75 Å². The molecule has 0 aromatic heterocycles. The van der Waals surface area contributed by atoms with Crippen LogP contribution >= 0.6 is 0 Å². The maximum atomic E-state index is 13.1. The Morgan fingerprint density at radius 2 is 2.10 bits per heavy atom. The topological polar surface area (TPSA) is 68.3 Å². The SMILES string of the molecule is COc1ccc2c(c1)N(C(C)=O)C1C3C(OC(C)=O)OCC=C4CN5CCC21C5CC43. The fourth-order valence-electron chi connectivity index (χ4n) is 7.40. The van der Waals surface area contributed by atoms with E-state index < -0.39 is 6.29 Å². The van der Waals surface area contributed by atoms with Gasteiger partial charge in [-0.05, 0) is 36.9 Å². The third-order valence-electron chi connectivity index (χ3n) is 8.33. The Morgan fingerprint density at radius 1 is 1.26 bits per heavy atom. The number of hydrogen-bond donors (Lipinski definition) is 0. The third-order valence-corrected chi connectivity index (χ3v) is 8.33. The van der Waals surface area contributed by atoms with E-state index in [4.69, 9.17) is 14.2 Å². The molecule has 3 fully saturated rings. The summed E-state index contributed by atoms with van der Waals surface area (Å²) in [6, 6.07) is 6.39. The summed E-state index contributed by atoms with van der Waals surface area (Å²) in [5, 5.41) is 0. The van der Waals surface area contributed by atoms with E-state index in [1.807, 2.05) is 17.0 Å². The maximum absolute atomic E-state index is 13.1. The predicted octanol–water partition coefficient (Wildman–Crippen LogP) is 2.24. The molecule has 5 aliphatic rings. The van der Waals surface area contributed by atoms with Gasteiger partial charge in [-0.3, -0.25) is 14.5 Å². The number of carbonyl (C=O) groups is 2. The number of piperidine rings is 1. The number of rotatable bonds is 2. The van der Waals surface area contributed by atoms with Crippen molar-refractivity contribution in [3.05, 3.63) is 35.4 Å². The van der Waals surface area contributed by atoms with Crippen LogP contribution in [0.3, 0.4) is 0 Å². The maximum Gasteiger partial charge on any atom is 0.304 e. The molecule has 2 bridgehead atoms. The minimum Gasteiger partial charge on any atom is -0.497 e. The number of methoxy groups -OCH3 is 1. The lowest BCUT2D eigenvalue weighted by Crippen LogP contribution is -2.66. The van der Waals surface area contributed by atoms with Gasteiger partial charge in [0.2, 0.25) is 12.2 Å². The van der Waals surface area contributed by atoms with Gasteiger partial charge in [0.25, 0.3) is 0 Å². The smallest absolute Gasteiger partial charge is 0.304 e. The van der Waals surface area contributed by atoms with Crippen LogP contribution in [0.2, 0.25) is 0 Å². The van der Waals surface area contributed by atoms with E-state index in [1.165, 1.54) is 18.1 Å². The minimum atomic E-state index is -0.663. The number of amides is 1. The second-order valence-electron chi connectivity index (χ2n) is 9.50. The lowest BCUT2D eigenvalue weighted by Gasteiger charge is -2.56. The Balaban J connectivity index is 1.59. The second kappa shape index (κ2) is 6.56. The zero-order chi connectivity index (χ0) is 21.5. The van der Waals surface area contributed by atoms with Gasteiger partial charge in [-0.2, -0.15) is 0 Å². The molecule has 4 heterocycles. The molecule has 1 aromatic carbocycles. The van der Waals surface area contributed by atoms with E-state index in [2.05, 4.69) is 17.0 Å². The van der Waals surface area contributed by atoms with Crippen LogP contribution in [-0.4, -0.2) is 62.0 Å². The fraction of sp³-hybridized carbons (Fsp3) is 0.583. The first-order valence-corrected chi connectivity index (χ1v) is 11.2. The van der Waals surface area contributed by atoms with E-state index in [0.29, 0.717) is 12.6 Å². The molecule has 1 aliphatic carbocycles. The standard InChI is InChI=1S/C24H28N2O5/c1-13(27)26-19-10-16(29-3)4-5-18(19)24-7-8-25-12-15-6-9-30-23(31-14(2)28)21(22(24)26)17(15)11-20(24)25/h4-6,10,17,20-23H,7-9,11-12H2,1-3H3. The number of anilines is 1. The summed E-state index contributed by atoms with van der Waals surface area (Å²) >= 11 is 0. The van der Waals surface area contributed by atoms with Crippen molar-refractivity contribution in [2.24, 2.45) is 11.8 Å². The van der Waals surface area contributed by atoms with Gasteiger partial charge in [-0.1, -0.05) is 17.7 Å². The predicted molar refractivity (Wildman–Crippen MR) is 113 cm³/mol. The second-order valence-corrected chi connectivity index (χ2v) is 9.50. The molecule has 0 radical (unpaired) electrons. The summed E-state index contributed by atoms with van der Waals surface area (Å²) in [5.41, 5.74) is 3.33. The normalized spacial score (nSPS) is 37.5. The highest BCUT2D eigenvalue weighted by molar-refractivity contribution is 5.96. The Kier molecular flexibility index (Phi) is 4.09. The van der Waals surface area contributed by atoms with Crippen molar-refractivity contribution >= 4 is 17.6 Å². The molecule has 6 atom stereocenters. The van der Waals surface area contributed by atoms with Gasteiger partial charge in [0.15, 0.2) is 0 Å². The van der Waals surface area contributed by atoms with E-state index in [1.54, 1.807) is 14.0 Å². The summed E-state index contributed by atoms with van der Waals surface area (Å²) in [5.74, 6) is 0.539. The summed E-state index contributed by atoms with van der Waals surface area (Å²) < 4.78 is 17.4. The summed E-state index contributed by atoms with van der Waals surface area (Å²) in [6.45, 7) is 5.43. The molecule has 6 rings (SSSR count). The zero-order valence-electron chi connectivity index (χ0n) is 18.2. The highest BCUT2D eigenvalue weighted by atomic mass is 16.7. The Bertz CT molecular complexity index is 1010. The van der Waals surface area contributed by atoms with Crippen molar-refractivity contribution in [3.8, 4) is 5.75 Å². The molecule has 31 heavy (non-hydrogen) atoms. The van der Waals surface area contributed by atoms with E-state index in [0.717, 1.165) is 37.4 Å². The van der Waals surface area contributed by atoms with Crippen LogP contribution in [0.25, 0.3) is 0 Å². The molecule has 2 saturated heterocycles. The average molecular weight is 424 g/mol. The Labute approximate surface area is 181 Å². The Morgan fingerprint density at radius 3 is 2.84 bits per heavy atom. The van der Waals surface area contributed by atoms with Gasteiger partial charge in [-0.15, -0.1) is 0 Å². The first-order chi connectivity index (χ1) is 15.0. The number of ether oxygens (including phenoxy) is 3. The third kappa shape index (κ3) is 2.42. The minimum absolute atomic E-state index is 0.00570. The van der Waals surface area contributed by atoms with Crippen LogP contribution in [-0.2, 0) is 24.5 Å². The highest BCUT2D eigenvalue weighted by Gasteiger charge is 2.69. The van der Waals surface area contributed by atoms with E-state index >= 15 is 0 Å². The van der Waals surface area contributed by atoms with E-state index in [-0.39, 0.29) is 35.2 Å². The summed E-state index contributed by atoms with van der Waals surface area (Å²) in [4.78, 5) is 29.7. The lowest BCUT2D eigenvalue weighted by atomic mass is 9.55. The van der Waals surface area contributed by atoms with Crippen LogP contribution in [0.4, 0.5) is 5.69 Å². The molecule has 1 aromatic rings. The van der Waals surface area contributed by atoms with Crippen molar-refractivity contribution in [3.63, 3.8) is 0 Å². The number of nitrogens with zero attached hydrogens (tertiary/aromatic N) is 2. The molecule has 164 valence electrons. The highest BCUT2D eigenvalue weighted by Crippen LogP contribution is 2.64. The number of carbonyl (C=O) groups excluding carboxylic acids is 2. The van der Waals surface area contributed by atoms with Crippen LogP contribution < -0.4 is 9.64 Å². The summed E-state index contributed by atoms with van der Waals surface area (Å²) in [6.07, 6.45) is 3.50. The van der Waals surface area contributed by atoms with Gasteiger partial charge >= 0.3 is 5.97 Å². The fourth-order valence-corrected chi connectivity index (χ4v) is 7.40. The molecule has 0 N–H and O–H groups in total. The molecule has 1 spiro atoms. The van der Waals surface area contributed by atoms with Crippen LogP contribution in [0.5, 0.6) is 5.75 Å². The van der Waals surface area contributed by atoms with Crippen molar-refractivity contribution in [2.45, 2.75) is 50.5 Å². The van der Waals surface area contributed by atoms with Crippen LogP contribution in [0, 0.1) is 11.8 Å². The monoisotopic (exact) mass is 424 g/mol. The molecule has 7 heteroatoms. The van der Waals surface area contributed by atoms with Gasteiger partial charge in [0.05, 0.1) is 31.4 Å². The largest absolute Gasteiger partial charge is 0.497 e. The van der Waals surface area contributed by atoms with Crippen molar-refractivity contribution < 1.29 is 23.8 Å². The molecular formula is C24H28N2O5. The quantitative estimate of drug-likeness (QED) is 0.536. The molecule has 7 nitrogen and oxygen atoms in total. The first kappa shape index (κ1) is 19.3.